The lowest BCUT2D eigenvalue weighted by molar-refractivity contribution is -0.167. The summed E-state index contributed by atoms with van der Waals surface area (Å²) in [5.74, 6) is -0.490. The molecule has 1 heterocycles. The van der Waals surface area contributed by atoms with Gasteiger partial charge in [-0.1, -0.05) is 30.3 Å². The fourth-order valence-corrected chi connectivity index (χ4v) is 3.36. The van der Waals surface area contributed by atoms with E-state index in [9.17, 15) is 14.8 Å². The lowest BCUT2D eigenvalue weighted by Gasteiger charge is -2.39. The van der Waals surface area contributed by atoms with Crippen LogP contribution in [0.3, 0.4) is 0 Å². The van der Waals surface area contributed by atoms with Crippen LogP contribution in [0.5, 0.6) is 0 Å². The van der Waals surface area contributed by atoms with Gasteiger partial charge < -0.3 is 19.4 Å². The fourth-order valence-electron chi connectivity index (χ4n) is 3.36. The van der Waals surface area contributed by atoms with Crippen LogP contribution in [0.25, 0.3) is 0 Å². The molecule has 0 bridgehead atoms. The first kappa shape index (κ1) is 23.1. The number of hydroxylamine groups is 2. The maximum Gasteiger partial charge on any atom is 0.412 e. The molecule has 0 aliphatic carbocycles. The molecular formula is C21H32N2O6. The molecule has 1 aromatic rings. The van der Waals surface area contributed by atoms with Gasteiger partial charge >= 0.3 is 12.1 Å². The van der Waals surface area contributed by atoms with Crippen molar-refractivity contribution in [1.82, 2.24) is 9.96 Å². The molecule has 0 saturated carbocycles. The Bertz CT molecular complexity index is 701. The molecular weight excluding hydrogens is 376 g/mol. The molecule has 0 unspecified atom stereocenters. The summed E-state index contributed by atoms with van der Waals surface area (Å²) < 4.78 is 16.2. The Hall–Kier alpha value is -2.16. The van der Waals surface area contributed by atoms with Crippen molar-refractivity contribution >= 4 is 12.1 Å². The van der Waals surface area contributed by atoms with Crippen LogP contribution in [0.2, 0.25) is 0 Å². The zero-order valence-corrected chi connectivity index (χ0v) is 18.0. The lowest BCUT2D eigenvalue weighted by atomic mass is 10.0. The summed E-state index contributed by atoms with van der Waals surface area (Å²) in [5, 5.41) is 11.9. The zero-order valence-electron chi connectivity index (χ0n) is 18.0. The van der Waals surface area contributed by atoms with Gasteiger partial charge in [0.05, 0.1) is 32.2 Å². The highest BCUT2D eigenvalue weighted by Gasteiger charge is 2.50. The Balaban J connectivity index is 2.31. The second-order valence-electron chi connectivity index (χ2n) is 8.61. The van der Waals surface area contributed by atoms with Crippen molar-refractivity contribution < 1.29 is 29.0 Å². The lowest BCUT2D eigenvalue weighted by Crippen LogP contribution is -2.57. The Morgan fingerprint density at radius 2 is 1.93 bits per heavy atom. The molecule has 2 rings (SSSR count). The van der Waals surface area contributed by atoms with Crippen LogP contribution in [0.1, 0.15) is 46.6 Å². The third-order valence-electron chi connectivity index (χ3n) is 4.73. The number of ether oxygens (including phenoxy) is 3. The van der Waals surface area contributed by atoms with E-state index in [2.05, 4.69) is 0 Å². The van der Waals surface area contributed by atoms with Crippen LogP contribution in [-0.2, 0) is 25.5 Å². The predicted octanol–water partition coefficient (Wildman–Crippen LogP) is 3.18. The number of methoxy groups -OCH3 is 1. The summed E-state index contributed by atoms with van der Waals surface area (Å²) in [6.45, 7) is 9.19. The molecule has 0 radical (unpaired) electrons. The number of rotatable bonds is 6. The maximum atomic E-state index is 12.9. The zero-order chi connectivity index (χ0) is 21.8. The van der Waals surface area contributed by atoms with Crippen molar-refractivity contribution in [1.29, 1.82) is 0 Å². The third-order valence-corrected chi connectivity index (χ3v) is 4.73. The Kier molecular flexibility index (Phi) is 7.26. The Morgan fingerprint density at radius 3 is 2.48 bits per heavy atom. The number of hydrogen-bond acceptors (Lipinski definition) is 7. The monoisotopic (exact) mass is 408 g/mol. The highest BCUT2D eigenvalue weighted by atomic mass is 16.6. The van der Waals surface area contributed by atoms with Crippen LogP contribution < -0.4 is 0 Å². The smallest absolute Gasteiger partial charge is 0.412 e. The summed E-state index contributed by atoms with van der Waals surface area (Å²) in [6, 6.07) is 8.03. The average molecular weight is 408 g/mol. The van der Waals surface area contributed by atoms with Gasteiger partial charge in [-0.15, -0.1) is 0 Å². The number of carbonyl (C=O) groups is 2. The molecule has 1 aromatic carbocycles. The van der Waals surface area contributed by atoms with Gasteiger partial charge in [0.25, 0.3) is 0 Å². The van der Waals surface area contributed by atoms with Crippen molar-refractivity contribution in [3.05, 3.63) is 35.9 Å². The molecule has 1 fully saturated rings. The van der Waals surface area contributed by atoms with Crippen molar-refractivity contribution in [3.63, 3.8) is 0 Å². The van der Waals surface area contributed by atoms with E-state index in [1.54, 1.807) is 34.6 Å². The molecule has 1 aliphatic heterocycles. The van der Waals surface area contributed by atoms with E-state index in [4.69, 9.17) is 14.2 Å². The topological polar surface area (TPSA) is 88.5 Å². The standard InChI is InChI=1S/C21H32N2O6/c1-20(2,3)29-19(25)23-17(14-28-21(23,4)5)16(12-18(24)27-6)22(26)13-15-10-8-7-9-11-15/h7-11,16-17,26H,12-14H2,1-6H3/t16-,17+/m1/s1. The predicted molar refractivity (Wildman–Crippen MR) is 106 cm³/mol. The number of amides is 1. The van der Waals surface area contributed by atoms with Crippen LogP contribution in [0.4, 0.5) is 4.79 Å². The van der Waals surface area contributed by atoms with Gasteiger partial charge in [0, 0.05) is 6.54 Å². The Morgan fingerprint density at radius 1 is 1.31 bits per heavy atom. The summed E-state index contributed by atoms with van der Waals surface area (Å²) in [7, 11) is 1.29. The summed E-state index contributed by atoms with van der Waals surface area (Å²) >= 11 is 0. The van der Waals surface area contributed by atoms with E-state index < -0.39 is 35.5 Å². The summed E-state index contributed by atoms with van der Waals surface area (Å²) in [4.78, 5) is 26.5. The van der Waals surface area contributed by atoms with Crippen LogP contribution in [0.15, 0.2) is 30.3 Å². The highest BCUT2D eigenvalue weighted by Crippen LogP contribution is 2.33. The van der Waals surface area contributed by atoms with Crippen LogP contribution in [-0.4, -0.2) is 64.4 Å². The molecule has 8 nitrogen and oxygen atoms in total. The third kappa shape index (κ3) is 6.16. The minimum absolute atomic E-state index is 0.108. The highest BCUT2D eigenvalue weighted by molar-refractivity contribution is 5.72. The molecule has 0 aromatic heterocycles. The van der Waals surface area contributed by atoms with Gasteiger partial charge in [0.2, 0.25) is 0 Å². The molecule has 1 aliphatic rings. The normalized spacial score (nSPS) is 19.9. The van der Waals surface area contributed by atoms with Crippen molar-refractivity contribution in [2.24, 2.45) is 0 Å². The Labute approximate surface area is 172 Å². The SMILES string of the molecule is COC(=O)C[C@H]([C@@H]1COC(C)(C)N1C(=O)OC(C)(C)C)N(O)Cc1ccccc1. The average Bonchev–Trinajstić information content (AvgIpc) is 2.93. The van der Waals surface area contributed by atoms with E-state index in [1.165, 1.54) is 12.0 Å². The van der Waals surface area contributed by atoms with Gasteiger partial charge in [-0.25, -0.2) is 4.79 Å². The van der Waals surface area contributed by atoms with Gasteiger partial charge in [0.15, 0.2) is 0 Å². The van der Waals surface area contributed by atoms with Crippen molar-refractivity contribution in [2.75, 3.05) is 13.7 Å². The second-order valence-corrected chi connectivity index (χ2v) is 8.61. The number of benzene rings is 1. The minimum atomic E-state index is -0.949. The van der Waals surface area contributed by atoms with Gasteiger partial charge in [0.1, 0.15) is 11.3 Å². The van der Waals surface area contributed by atoms with Gasteiger partial charge in [-0.2, -0.15) is 5.06 Å². The number of nitrogens with zero attached hydrogens (tertiary/aromatic N) is 2. The second kappa shape index (κ2) is 9.11. The number of hydrogen-bond donors (Lipinski definition) is 1. The molecule has 0 spiro atoms. The number of carbonyl (C=O) groups excluding carboxylic acids is 2. The first-order chi connectivity index (χ1) is 13.4. The van der Waals surface area contributed by atoms with Crippen LogP contribution in [0, 0.1) is 0 Å². The van der Waals surface area contributed by atoms with Crippen molar-refractivity contribution in [3.8, 4) is 0 Å². The van der Waals surface area contributed by atoms with Crippen molar-refractivity contribution in [2.45, 2.75) is 71.0 Å². The first-order valence-corrected chi connectivity index (χ1v) is 9.67. The fraction of sp³-hybridized carbons (Fsp3) is 0.619. The van der Waals surface area contributed by atoms with E-state index in [0.717, 1.165) is 10.6 Å². The molecule has 1 amide bonds. The van der Waals surface area contributed by atoms with Crippen LogP contribution >= 0.6 is 0 Å². The van der Waals surface area contributed by atoms with E-state index in [-0.39, 0.29) is 19.6 Å². The molecule has 1 saturated heterocycles. The number of esters is 1. The minimum Gasteiger partial charge on any atom is -0.469 e. The molecule has 162 valence electrons. The van der Waals surface area contributed by atoms with E-state index >= 15 is 0 Å². The summed E-state index contributed by atoms with van der Waals surface area (Å²) in [5.41, 5.74) is -0.775. The van der Waals surface area contributed by atoms with E-state index in [1.807, 2.05) is 30.3 Å². The maximum absolute atomic E-state index is 12.9. The molecule has 2 atom stereocenters. The molecule has 29 heavy (non-hydrogen) atoms. The van der Waals surface area contributed by atoms with Gasteiger partial charge in [-0.3, -0.25) is 9.69 Å². The largest absolute Gasteiger partial charge is 0.469 e. The molecule has 8 heteroatoms. The van der Waals surface area contributed by atoms with Gasteiger partial charge in [-0.05, 0) is 40.2 Å². The summed E-state index contributed by atoms with van der Waals surface area (Å²) in [6.07, 6.45) is -0.670. The first-order valence-electron chi connectivity index (χ1n) is 9.67. The quantitative estimate of drug-likeness (QED) is 0.571. The van der Waals surface area contributed by atoms with E-state index in [0.29, 0.717) is 0 Å². The molecule has 1 N–H and O–H groups in total.